The zero-order valence-electron chi connectivity index (χ0n) is 11.5. The monoisotopic (exact) mass is 259 g/mol. The summed E-state index contributed by atoms with van der Waals surface area (Å²) in [5.74, 6) is 0.112. The van der Waals surface area contributed by atoms with Crippen molar-refractivity contribution >= 4 is 10.9 Å². The van der Waals surface area contributed by atoms with E-state index in [0.717, 1.165) is 23.7 Å². The molecule has 3 heteroatoms. The van der Waals surface area contributed by atoms with Crippen molar-refractivity contribution in [3.8, 4) is 0 Å². The van der Waals surface area contributed by atoms with Gasteiger partial charge in [-0.1, -0.05) is 44.9 Å². The Bertz CT molecular complexity index is 537. The molecule has 2 N–H and O–H groups in total. The van der Waals surface area contributed by atoms with E-state index in [2.05, 4.69) is 4.98 Å². The molecule has 19 heavy (non-hydrogen) atoms. The molecule has 2 atom stereocenters. The maximum atomic E-state index is 10.3. The molecule has 0 spiro atoms. The highest BCUT2D eigenvalue weighted by Gasteiger charge is 2.25. The topological polar surface area (TPSA) is 53.4 Å². The summed E-state index contributed by atoms with van der Waals surface area (Å²) in [7, 11) is 0. The van der Waals surface area contributed by atoms with Gasteiger partial charge in [0.2, 0.25) is 0 Å². The quantitative estimate of drug-likeness (QED) is 0.867. The predicted molar refractivity (Wildman–Crippen MR) is 76.8 cm³/mol. The minimum atomic E-state index is -0.873. The summed E-state index contributed by atoms with van der Waals surface area (Å²) in [4.78, 5) is 4.32. The molecule has 0 radical (unpaired) electrons. The molecule has 0 saturated carbocycles. The van der Waals surface area contributed by atoms with Crippen molar-refractivity contribution in [2.75, 3.05) is 0 Å². The average Bonchev–Trinajstić information content (AvgIpc) is 2.47. The summed E-state index contributed by atoms with van der Waals surface area (Å²) in [6.07, 6.45) is 1.75. The number of para-hydroxylation sites is 1. The molecule has 3 nitrogen and oxygen atoms in total. The van der Waals surface area contributed by atoms with Crippen LogP contribution >= 0.6 is 0 Å². The van der Waals surface area contributed by atoms with Crippen molar-refractivity contribution in [2.45, 2.75) is 38.9 Å². The Morgan fingerprint density at radius 3 is 2.47 bits per heavy atom. The molecule has 102 valence electrons. The van der Waals surface area contributed by atoms with Crippen LogP contribution in [0.25, 0.3) is 10.9 Å². The lowest BCUT2D eigenvalue weighted by Gasteiger charge is -2.25. The molecule has 0 aliphatic heterocycles. The molecular weight excluding hydrogens is 238 g/mol. The van der Waals surface area contributed by atoms with Gasteiger partial charge in [0.15, 0.2) is 0 Å². The van der Waals surface area contributed by atoms with Gasteiger partial charge in [-0.3, -0.25) is 4.98 Å². The zero-order chi connectivity index (χ0) is 13.8. The lowest BCUT2D eigenvalue weighted by atomic mass is 9.90. The molecule has 1 aromatic carbocycles. The summed E-state index contributed by atoms with van der Waals surface area (Å²) in [6.45, 7) is 4.06. The van der Waals surface area contributed by atoms with Crippen LogP contribution < -0.4 is 0 Å². The van der Waals surface area contributed by atoms with Gasteiger partial charge in [-0.25, -0.2) is 0 Å². The van der Waals surface area contributed by atoms with Gasteiger partial charge in [0.05, 0.1) is 11.6 Å². The van der Waals surface area contributed by atoms with Crippen molar-refractivity contribution < 1.29 is 10.2 Å². The van der Waals surface area contributed by atoms with E-state index in [9.17, 15) is 10.2 Å². The number of rotatable bonds is 5. The smallest absolute Gasteiger partial charge is 0.107 e. The van der Waals surface area contributed by atoms with E-state index in [1.54, 1.807) is 6.20 Å². The van der Waals surface area contributed by atoms with Gasteiger partial charge < -0.3 is 10.2 Å². The SMILES string of the molecule is CCC(CC)C(O)C(O)c1cnc2ccccc2c1. The fraction of sp³-hybridized carbons (Fsp3) is 0.438. The van der Waals surface area contributed by atoms with Crippen LogP contribution in [0, 0.1) is 5.92 Å². The largest absolute Gasteiger partial charge is 0.390 e. The van der Waals surface area contributed by atoms with Gasteiger partial charge in [0.1, 0.15) is 6.10 Å². The maximum absolute atomic E-state index is 10.3. The second-order valence-corrected chi connectivity index (χ2v) is 4.97. The number of hydrogen-bond donors (Lipinski definition) is 2. The number of benzene rings is 1. The van der Waals surface area contributed by atoms with Gasteiger partial charge >= 0.3 is 0 Å². The Balaban J connectivity index is 2.28. The van der Waals surface area contributed by atoms with Crippen LogP contribution in [-0.4, -0.2) is 21.3 Å². The second kappa shape index (κ2) is 6.13. The molecule has 0 bridgehead atoms. The van der Waals surface area contributed by atoms with E-state index in [-0.39, 0.29) is 5.92 Å². The van der Waals surface area contributed by atoms with Gasteiger partial charge in [-0.05, 0) is 18.1 Å². The fourth-order valence-electron chi connectivity index (χ4n) is 2.48. The maximum Gasteiger partial charge on any atom is 0.107 e. The first-order valence-electron chi connectivity index (χ1n) is 6.88. The number of aromatic nitrogens is 1. The third-order valence-corrected chi connectivity index (χ3v) is 3.81. The van der Waals surface area contributed by atoms with Crippen LogP contribution in [0.4, 0.5) is 0 Å². The molecule has 1 heterocycles. The first kappa shape index (κ1) is 14.0. The molecule has 0 aliphatic carbocycles. The minimum absolute atomic E-state index is 0.112. The Kier molecular flexibility index (Phi) is 4.51. The molecule has 0 amide bonds. The fourth-order valence-corrected chi connectivity index (χ4v) is 2.48. The number of pyridine rings is 1. The van der Waals surface area contributed by atoms with Gasteiger partial charge in [0.25, 0.3) is 0 Å². The van der Waals surface area contributed by atoms with E-state index < -0.39 is 12.2 Å². The van der Waals surface area contributed by atoms with Gasteiger partial charge in [-0.15, -0.1) is 0 Å². The molecule has 0 aliphatic rings. The van der Waals surface area contributed by atoms with Crippen molar-refractivity contribution in [1.82, 2.24) is 4.98 Å². The first-order valence-corrected chi connectivity index (χ1v) is 6.88. The molecule has 2 aromatic rings. The van der Waals surface area contributed by atoms with Crippen LogP contribution in [-0.2, 0) is 0 Å². The zero-order valence-corrected chi connectivity index (χ0v) is 11.5. The predicted octanol–water partition coefficient (Wildman–Crippen LogP) is 3.07. The first-order chi connectivity index (χ1) is 9.17. The highest BCUT2D eigenvalue weighted by Crippen LogP contribution is 2.27. The van der Waals surface area contributed by atoms with E-state index in [1.807, 2.05) is 44.2 Å². The Morgan fingerprint density at radius 2 is 1.79 bits per heavy atom. The summed E-state index contributed by atoms with van der Waals surface area (Å²) < 4.78 is 0. The molecule has 1 aromatic heterocycles. The molecule has 0 fully saturated rings. The van der Waals surface area contributed by atoms with Gasteiger partial charge in [-0.2, -0.15) is 0 Å². The molecule has 2 unspecified atom stereocenters. The van der Waals surface area contributed by atoms with Crippen molar-refractivity contribution in [1.29, 1.82) is 0 Å². The number of hydrogen-bond acceptors (Lipinski definition) is 3. The third-order valence-electron chi connectivity index (χ3n) is 3.81. The number of aliphatic hydroxyl groups excluding tert-OH is 2. The highest BCUT2D eigenvalue weighted by atomic mass is 16.3. The summed E-state index contributed by atoms with van der Waals surface area (Å²) in [5.41, 5.74) is 1.58. The molecule has 0 saturated heterocycles. The molecular formula is C16H21NO2. The van der Waals surface area contributed by atoms with Gasteiger partial charge in [0, 0.05) is 17.1 Å². The van der Waals surface area contributed by atoms with Crippen LogP contribution in [0.1, 0.15) is 38.4 Å². The van der Waals surface area contributed by atoms with Crippen LogP contribution in [0.5, 0.6) is 0 Å². The van der Waals surface area contributed by atoms with E-state index in [0.29, 0.717) is 5.56 Å². The van der Waals surface area contributed by atoms with Crippen molar-refractivity contribution in [3.63, 3.8) is 0 Å². The normalized spacial score (nSPS) is 14.8. The molecule has 2 rings (SSSR count). The van der Waals surface area contributed by atoms with E-state index in [4.69, 9.17) is 0 Å². The van der Waals surface area contributed by atoms with Crippen molar-refractivity contribution in [2.24, 2.45) is 5.92 Å². The summed E-state index contributed by atoms with van der Waals surface area (Å²) >= 11 is 0. The Morgan fingerprint density at radius 1 is 1.11 bits per heavy atom. The lowest BCUT2D eigenvalue weighted by Crippen LogP contribution is -2.27. The summed E-state index contributed by atoms with van der Waals surface area (Å²) in [5, 5.41) is 21.5. The van der Waals surface area contributed by atoms with Crippen LogP contribution in [0.2, 0.25) is 0 Å². The van der Waals surface area contributed by atoms with Crippen molar-refractivity contribution in [3.05, 3.63) is 42.1 Å². The second-order valence-electron chi connectivity index (χ2n) is 4.97. The summed E-state index contributed by atoms with van der Waals surface area (Å²) in [6, 6.07) is 9.67. The standard InChI is InChI=1S/C16H21NO2/c1-3-11(4-2)15(18)16(19)13-9-12-7-5-6-8-14(12)17-10-13/h5-11,15-16,18-19H,3-4H2,1-2H3. The number of aliphatic hydroxyl groups is 2. The third kappa shape index (κ3) is 2.94. The Hall–Kier alpha value is -1.45. The van der Waals surface area contributed by atoms with E-state index >= 15 is 0 Å². The van der Waals surface area contributed by atoms with Crippen LogP contribution in [0.15, 0.2) is 36.5 Å². The van der Waals surface area contributed by atoms with Crippen LogP contribution in [0.3, 0.4) is 0 Å². The van der Waals surface area contributed by atoms with E-state index in [1.165, 1.54) is 0 Å². The Labute approximate surface area is 113 Å². The number of nitrogens with zero attached hydrogens (tertiary/aromatic N) is 1. The highest BCUT2D eigenvalue weighted by molar-refractivity contribution is 5.78. The number of fused-ring (bicyclic) bond motifs is 1. The lowest BCUT2D eigenvalue weighted by molar-refractivity contribution is -0.0210. The minimum Gasteiger partial charge on any atom is -0.390 e. The average molecular weight is 259 g/mol.